The molecule has 0 saturated heterocycles. The zero-order valence-corrected chi connectivity index (χ0v) is 12.7. The first-order valence-corrected chi connectivity index (χ1v) is 6.23. The van der Waals surface area contributed by atoms with E-state index in [4.69, 9.17) is 69.6 Å². The molecular formula is C7H6Cl6O4. The largest absolute Gasteiger partial charge is 0.459 e. The summed E-state index contributed by atoms with van der Waals surface area (Å²) in [5.41, 5.74) is 0. The minimum Gasteiger partial charge on any atom is -0.459 e. The summed E-state index contributed by atoms with van der Waals surface area (Å²) in [6.45, 7) is 1.07. The molecule has 10 heteroatoms. The third-order valence-electron chi connectivity index (χ3n) is 1.22. The lowest BCUT2D eigenvalue weighted by Crippen LogP contribution is -2.31. The van der Waals surface area contributed by atoms with Crippen molar-refractivity contribution < 1.29 is 19.1 Å². The van der Waals surface area contributed by atoms with E-state index in [1.54, 1.807) is 0 Å². The second-order valence-electron chi connectivity index (χ2n) is 2.81. The third kappa shape index (κ3) is 7.65. The smallest absolute Gasteiger partial charge is 0.358 e. The van der Waals surface area contributed by atoms with Gasteiger partial charge in [-0.1, -0.05) is 69.6 Å². The summed E-state index contributed by atoms with van der Waals surface area (Å²) < 4.78 is 4.78. The standard InChI is InChI=1S/C7H6Cl6O4/c1-3(17-5(15)7(11,12)13)2-16-4(14)6(8,9)10/h3H,2H2,1H3/t3-/m0/s1. The van der Waals surface area contributed by atoms with Crippen molar-refractivity contribution in [2.75, 3.05) is 6.61 Å². The molecule has 1 atom stereocenters. The van der Waals surface area contributed by atoms with Crippen molar-refractivity contribution in [3.8, 4) is 0 Å². The van der Waals surface area contributed by atoms with E-state index in [1.807, 2.05) is 0 Å². The topological polar surface area (TPSA) is 52.6 Å². The van der Waals surface area contributed by atoms with Gasteiger partial charge in [-0.15, -0.1) is 0 Å². The van der Waals surface area contributed by atoms with E-state index in [2.05, 4.69) is 9.47 Å². The Hall–Kier alpha value is 0.680. The first kappa shape index (κ1) is 17.7. The number of carbonyl (C=O) groups is 2. The Morgan fingerprint density at radius 2 is 1.41 bits per heavy atom. The highest BCUT2D eigenvalue weighted by Crippen LogP contribution is 2.29. The van der Waals surface area contributed by atoms with Gasteiger partial charge < -0.3 is 9.47 Å². The maximum absolute atomic E-state index is 11.1. The molecule has 0 aliphatic heterocycles. The Kier molecular flexibility index (Phi) is 7.00. The van der Waals surface area contributed by atoms with Crippen molar-refractivity contribution in [2.24, 2.45) is 0 Å². The molecule has 0 saturated carbocycles. The molecule has 0 aromatic rings. The highest BCUT2D eigenvalue weighted by atomic mass is 35.6. The van der Waals surface area contributed by atoms with Crippen LogP contribution in [0.5, 0.6) is 0 Å². The molecule has 0 N–H and O–H groups in total. The molecule has 0 radical (unpaired) electrons. The van der Waals surface area contributed by atoms with E-state index in [9.17, 15) is 9.59 Å². The van der Waals surface area contributed by atoms with Crippen LogP contribution in [0, 0.1) is 0 Å². The van der Waals surface area contributed by atoms with Crippen LogP contribution in [0.1, 0.15) is 6.92 Å². The van der Waals surface area contributed by atoms with Crippen molar-refractivity contribution in [3.63, 3.8) is 0 Å². The van der Waals surface area contributed by atoms with Crippen LogP contribution in [-0.4, -0.2) is 32.2 Å². The normalized spacial score (nSPS) is 14.1. The molecular weight excluding hydrogens is 361 g/mol. The fraction of sp³-hybridized carbons (Fsp3) is 0.714. The van der Waals surface area contributed by atoms with Crippen molar-refractivity contribution in [1.29, 1.82) is 0 Å². The van der Waals surface area contributed by atoms with Gasteiger partial charge in [-0.3, -0.25) is 0 Å². The van der Waals surface area contributed by atoms with Gasteiger partial charge in [0.25, 0.3) is 7.59 Å². The first-order chi connectivity index (χ1) is 7.44. The molecule has 0 aliphatic rings. The lowest BCUT2D eigenvalue weighted by Gasteiger charge is -2.17. The summed E-state index contributed by atoms with van der Waals surface area (Å²) in [6.07, 6.45) is -0.852. The zero-order valence-electron chi connectivity index (χ0n) is 8.19. The Morgan fingerprint density at radius 1 is 1.00 bits per heavy atom. The second kappa shape index (κ2) is 6.73. The third-order valence-corrected chi connectivity index (χ3v) is 2.15. The molecule has 0 amide bonds. The Labute approximate surface area is 127 Å². The van der Waals surface area contributed by atoms with Crippen molar-refractivity contribution in [3.05, 3.63) is 0 Å². The Bertz CT molecular complexity index is 294. The summed E-state index contributed by atoms with van der Waals surface area (Å²) in [6, 6.07) is 0. The number of esters is 2. The SMILES string of the molecule is C[C@@H](COC(=O)C(Cl)(Cl)Cl)OC(=O)C(Cl)(Cl)Cl. The van der Waals surface area contributed by atoms with Crippen LogP contribution in [0.15, 0.2) is 0 Å². The Morgan fingerprint density at radius 3 is 1.76 bits per heavy atom. The van der Waals surface area contributed by atoms with E-state index >= 15 is 0 Å². The first-order valence-electron chi connectivity index (χ1n) is 3.96. The average Bonchev–Trinajstić information content (AvgIpc) is 2.10. The number of hydrogen-bond acceptors (Lipinski definition) is 4. The molecule has 17 heavy (non-hydrogen) atoms. The maximum atomic E-state index is 11.1. The zero-order chi connectivity index (χ0) is 13.9. The van der Waals surface area contributed by atoms with Gasteiger partial charge in [0, 0.05) is 0 Å². The number of hydrogen-bond donors (Lipinski definition) is 0. The summed E-state index contributed by atoms with van der Waals surface area (Å²) in [5.74, 6) is -2.20. The van der Waals surface area contributed by atoms with Gasteiger partial charge in [0.1, 0.15) is 12.7 Å². The minimum atomic E-state index is -2.20. The van der Waals surface area contributed by atoms with Gasteiger partial charge in [-0.25, -0.2) is 9.59 Å². The summed E-state index contributed by atoms with van der Waals surface area (Å²) >= 11 is 31.4. The van der Waals surface area contributed by atoms with Crippen LogP contribution < -0.4 is 0 Å². The van der Waals surface area contributed by atoms with Crippen LogP contribution in [0.25, 0.3) is 0 Å². The highest BCUT2D eigenvalue weighted by Gasteiger charge is 2.35. The van der Waals surface area contributed by atoms with Crippen LogP contribution in [0.2, 0.25) is 0 Å². The molecule has 0 aliphatic carbocycles. The molecule has 0 heterocycles. The van der Waals surface area contributed by atoms with E-state index in [0.717, 1.165) is 0 Å². The van der Waals surface area contributed by atoms with E-state index < -0.39 is 25.6 Å². The van der Waals surface area contributed by atoms with Gasteiger partial charge in [-0.2, -0.15) is 0 Å². The molecule has 0 bridgehead atoms. The fourth-order valence-electron chi connectivity index (χ4n) is 0.558. The number of alkyl halides is 6. The van der Waals surface area contributed by atoms with E-state index in [-0.39, 0.29) is 6.61 Å². The summed E-state index contributed by atoms with van der Waals surface area (Å²) in [7, 11) is 0. The molecule has 0 aromatic heterocycles. The molecule has 0 fully saturated rings. The monoisotopic (exact) mass is 364 g/mol. The Balaban J connectivity index is 4.10. The summed E-state index contributed by atoms with van der Waals surface area (Å²) in [4.78, 5) is 22.1. The molecule has 100 valence electrons. The van der Waals surface area contributed by atoms with Gasteiger partial charge in [0.2, 0.25) is 0 Å². The van der Waals surface area contributed by atoms with Crippen LogP contribution in [-0.2, 0) is 19.1 Å². The van der Waals surface area contributed by atoms with E-state index in [0.29, 0.717) is 0 Å². The highest BCUT2D eigenvalue weighted by molar-refractivity contribution is 6.76. The van der Waals surface area contributed by atoms with Gasteiger partial charge >= 0.3 is 11.9 Å². The van der Waals surface area contributed by atoms with Crippen molar-refractivity contribution in [2.45, 2.75) is 20.6 Å². The van der Waals surface area contributed by atoms with Gasteiger partial charge in [-0.05, 0) is 6.92 Å². The number of ether oxygens (including phenoxy) is 2. The van der Waals surface area contributed by atoms with Crippen LogP contribution >= 0.6 is 69.6 Å². The van der Waals surface area contributed by atoms with Crippen LogP contribution in [0.3, 0.4) is 0 Å². The number of halogens is 6. The number of rotatable bonds is 3. The molecule has 0 unspecified atom stereocenters. The number of carbonyl (C=O) groups excluding carboxylic acids is 2. The minimum absolute atomic E-state index is 0.334. The van der Waals surface area contributed by atoms with Gasteiger partial charge in [0.15, 0.2) is 0 Å². The maximum Gasteiger partial charge on any atom is 0.358 e. The molecule has 0 rings (SSSR count). The summed E-state index contributed by atoms with van der Waals surface area (Å²) in [5, 5.41) is 0. The molecule has 4 nitrogen and oxygen atoms in total. The lowest BCUT2D eigenvalue weighted by molar-refractivity contribution is -0.156. The van der Waals surface area contributed by atoms with Crippen molar-refractivity contribution >= 4 is 81.5 Å². The van der Waals surface area contributed by atoms with Crippen LogP contribution in [0.4, 0.5) is 0 Å². The average molecular weight is 367 g/mol. The van der Waals surface area contributed by atoms with E-state index in [1.165, 1.54) is 6.92 Å². The molecule has 0 spiro atoms. The van der Waals surface area contributed by atoms with Gasteiger partial charge in [0.05, 0.1) is 0 Å². The predicted octanol–water partition coefficient (Wildman–Crippen LogP) is 3.20. The van der Waals surface area contributed by atoms with Crippen molar-refractivity contribution in [1.82, 2.24) is 0 Å². The predicted molar refractivity (Wildman–Crippen MR) is 67.1 cm³/mol. The quantitative estimate of drug-likeness (QED) is 0.568. The lowest BCUT2D eigenvalue weighted by atomic mass is 10.4. The fourth-order valence-corrected chi connectivity index (χ4v) is 0.856. The molecule has 0 aromatic carbocycles. The second-order valence-corrected chi connectivity index (χ2v) is 7.37.